The van der Waals surface area contributed by atoms with E-state index in [1.807, 2.05) is 30.5 Å². The Hall–Kier alpha value is -1.62. The standard InChI is InChI=1S/C14H16ClN3O/c1-19-14-5-4-11(15)8-12(14)13(18-16)7-10-3-2-6-17-9-10/h2-6,8-9,13,18H,7,16H2,1H3. The first-order valence-corrected chi connectivity index (χ1v) is 6.31. The Balaban J connectivity index is 2.29. The lowest BCUT2D eigenvalue weighted by atomic mass is 9.99. The van der Waals surface area contributed by atoms with E-state index in [1.165, 1.54) is 0 Å². The van der Waals surface area contributed by atoms with Crippen molar-refractivity contribution >= 4 is 11.6 Å². The number of pyridine rings is 1. The number of aromatic nitrogens is 1. The molecule has 0 spiro atoms. The van der Waals surface area contributed by atoms with Crippen LogP contribution < -0.4 is 16.0 Å². The summed E-state index contributed by atoms with van der Waals surface area (Å²) in [6.07, 6.45) is 4.27. The van der Waals surface area contributed by atoms with Crippen molar-refractivity contribution in [3.63, 3.8) is 0 Å². The van der Waals surface area contributed by atoms with Crippen molar-refractivity contribution in [3.8, 4) is 5.75 Å². The van der Waals surface area contributed by atoms with Crippen LogP contribution in [0.1, 0.15) is 17.2 Å². The first-order chi connectivity index (χ1) is 9.24. The van der Waals surface area contributed by atoms with Crippen LogP contribution in [0.4, 0.5) is 0 Å². The summed E-state index contributed by atoms with van der Waals surface area (Å²) in [6.45, 7) is 0. The fourth-order valence-corrected chi connectivity index (χ4v) is 2.17. The molecule has 1 aromatic carbocycles. The van der Waals surface area contributed by atoms with Crippen LogP contribution in [0.15, 0.2) is 42.7 Å². The maximum atomic E-state index is 6.04. The number of rotatable bonds is 5. The third-order valence-electron chi connectivity index (χ3n) is 2.93. The highest BCUT2D eigenvalue weighted by molar-refractivity contribution is 6.30. The molecular formula is C14H16ClN3O. The van der Waals surface area contributed by atoms with Crippen LogP contribution in [0.5, 0.6) is 5.75 Å². The molecule has 100 valence electrons. The highest BCUT2D eigenvalue weighted by Crippen LogP contribution is 2.29. The Labute approximate surface area is 117 Å². The minimum absolute atomic E-state index is 0.0853. The van der Waals surface area contributed by atoms with Gasteiger partial charge in [0.25, 0.3) is 0 Å². The maximum absolute atomic E-state index is 6.04. The molecule has 0 amide bonds. The third-order valence-corrected chi connectivity index (χ3v) is 3.17. The fraction of sp³-hybridized carbons (Fsp3) is 0.214. The predicted octanol–water partition coefficient (Wildman–Crippen LogP) is 2.49. The van der Waals surface area contributed by atoms with Gasteiger partial charge < -0.3 is 4.74 Å². The molecule has 4 nitrogen and oxygen atoms in total. The Morgan fingerprint density at radius 3 is 2.89 bits per heavy atom. The zero-order valence-corrected chi connectivity index (χ0v) is 11.4. The number of hydrazine groups is 1. The summed E-state index contributed by atoms with van der Waals surface area (Å²) in [4.78, 5) is 4.10. The first kappa shape index (κ1) is 13.8. The van der Waals surface area contributed by atoms with E-state index in [-0.39, 0.29) is 6.04 Å². The summed E-state index contributed by atoms with van der Waals surface area (Å²) in [6, 6.07) is 9.32. The molecular weight excluding hydrogens is 262 g/mol. The lowest BCUT2D eigenvalue weighted by molar-refractivity contribution is 0.399. The van der Waals surface area contributed by atoms with Crippen LogP contribution in [0.2, 0.25) is 5.02 Å². The van der Waals surface area contributed by atoms with E-state index in [4.69, 9.17) is 22.2 Å². The normalized spacial score (nSPS) is 12.2. The molecule has 0 radical (unpaired) electrons. The van der Waals surface area contributed by atoms with Gasteiger partial charge in [-0.15, -0.1) is 0 Å². The van der Waals surface area contributed by atoms with Gasteiger partial charge in [0.1, 0.15) is 5.75 Å². The Bertz CT molecular complexity index is 533. The fourth-order valence-electron chi connectivity index (χ4n) is 1.99. The van der Waals surface area contributed by atoms with Crippen molar-refractivity contribution in [2.45, 2.75) is 12.5 Å². The van der Waals surface area contributed by atoms with Crippen molar-refractivity contribution in [2.75, 3.05) is 7.11 Å². The molecule has 1 heterocycles. The number of benzene rings is 1. The van der Waals surface area contributed by atoms with E-state index in [0.717, 1.165) is 16.9 Å². The van der Waals surface area contributed by atoms with Crippen LogP contribution in [-0.2, 0) is 6.42 Å². The van der Waals surface area contributed by atoms with E-state index in [2.05, 4.69) is 10.4 Å². The molecule has 0 bridgehead atoms. The topological polar surface area (TPSA) is 60.2 Å². The molecule has 2 rings (SSSR count). The molecule has 1 atom stereocenters. The third kappa shape index (κ3) is 3.44. The van der Waals surface area contributed by atoms with E-state index in [0.29, 0.717) is 11.4 Å². The van der Waals surface area contributed by atoms with Crippen molar-refractivity contribution in [3.05, 3.63) is 58.9 Å². The average Bonchev–Trinajstić information content (AvgIpc) is 2.46. The monoisotopic (exact) mass is 277 g/mol. The Morgan fingerprint density at radius 1 is 1.42 bits per heavy atom. The van der Waals surface area contributed by atoms with E-state index in [9.17, 15) is 0 Å². The van der Waals surface area contributed by atoms with Crippen LogP contribution in [0.25, 0.3) is 0 Å². The highest BCUT2D eigenvalue weighted by atomic mass is 35.5. The molecule has 1 unspecified atom stereocenters. The Kier molecular flexibility index (Phi) is 4.74. The van der Waals surface area contributed by atoms with Crippen LogP contribution in [-0.4, -0.2) is 12.1 Å². The zero-order valence-electron chi connectivity index (χ0n) is 10.6. The summed E-state index contributed by atoms with van der Waals surface area (Å²) < 4.78 is 5.35. The molecule has 0 saturated carbocycles. The number of hydrogen-bond acceptors (Lipinski definition) is 4. The van der Waals surface area contributed by atoms with Gasteiger partial charge in [0.2, 0.25) is 0 Å². The maximum Gasteiger partial charge on any atom is 0.123 e. The van der Waals surface area contributed by atoms with E-state index in [1.54, 1.807) is 19.4 Å². The average molecular weight is 278 g/mol. The quantitative estimate of drug-likeness (QED) is 0.651. The Morgan fingerprint density at radius 2 is 2.26 bits per heavy atom. The second-order valence-electron chi connectivity index (χ2n) is 4.17. The number of ether oxygens (including phenoxy) is 1. The summed E-state index contributed by atoms with van der Waals surface area (Å²) in [5.41, 5.74) is 4.82. The van der Waals surface area contributed by atoms with Crippen molar-refractivity contribution in [2.24, 2.45) is 5.84 Å². The summed E-state index contributed by atoms with van der Waals surface area (Å²) in [5.74, 6) is 6.42. The number of nitrogens with zero attached hydrogens (tertiary/aromatic N) is 1. The van der Waals surface area contributed by atoms with Gasteiger partial charge in [-0.1, -0.05) is 17.7 Å². The van der Waals surface area contributed by atoms with Crippen LogP contribution in [0, 0.1) is 0 Å². The summed E-state index contributed by atoms with van der Waals surface area (Å²) in [5, 5.41) is 0.655. The van der Waals surface area contributed by atoms with Crippen LogP contribution >= 0.6 is 11.6 Å². The number of methoxy groups -OCH3 is 1. The smallest absolute Gasteiger partial charge is 0.123 e. The molecule has 2 aromatic rings. The molecule has 1 aromatic heterocycles. The number of nitrogens with one attached hydrogen (secondary N) is 1. The molecule has 0 aliphatic heterocycles. The van der Waals surface area contributed by atoms with Gasteiger partial charge in [-0.05, 0) is 36.2 Å². The molecule has 3 N–H and O–H groups in total. The van der Waals surface area contributed by atoms with Gasteiger partial charge >= 0.3 is 0 Å². The second kappa shape index (κ2) is 6.52. The van der Waals surface area contributed by atoms with Gasteiger partial charge in [0.05, 0.1) is 13.2 Å². The molecule has 0 aliphatic rings. The SMILES string of the molecule is COc1ccc(Cl)cc1C(Cc1cccnc1)NN. The van der Waals surface area contributed by atoms with Gasteiger partial charge in [-0.2, -0.15) is 0 Å². The molecule has 0 aliphatic carbocycles. The first-order valence-electron chi connectivity index (χ1n) is 5.93. The van der Waals surface area contributed by atoms with Gasteiger partial charge in [-0.3, -0.25) is 16.3 Å². The number of halogens is 1. The minimum Gasteiger partial charge on any atom is -0.496 e. The minimum atomic E-state index is -0.0853. The summed E-state index contributed by atoms with van der Waals surface area (Å²) >= 11 is 6.04. The van der Waals surface area contributed by atoms with E-state index >= 15 is 0 Å². The molecule has 5 heteroatoms. The second-order valence-corrected chi connectivity index (χ2v) is 4.61. The van der Waals surface area contributed by atoms with Crippen molar-refractivity contribution in [1.82, 2.24) is 10.4 Å². The molecule has 19 heavy (non-hydrogen) atoms. The number of nitrogens with two attached hydrogens (primary N) is 1. The van der Waals surface area contributed by atoms with E-state index < -0.39 is 0 Å². The van der Waals surface area contributed by atoms with Crippen molar-refractivity contribution in [1.29, 1.82) is 0 Å². The molecule has 0 saturated heterocycles. The number of hydrogen-bond donors (Lipinski definition) is 2. The van der Waals surface area contributed by atoms with Crippen LogP contribution in [0.3, 0.4) is 0 Å². The summed E-state index contributed by atoms with van der Waals surface area (Å²) in [7, 11) is 1.63. The lowest BCUT2D eigenvalue weighted by Crippen LogP contribution is -2.30. The lowest BCUT2D eigenvalue weighted by Gasteiger charge is -2.19. The van der Waals surface area contributed by atoms with Gasteiger partial charge in [0, 0.05) is 23.0 Å². The van der Waals surface area contributed by atoms with Crippen molar-refractivity contribution < 1.29 is 4.74 Å². The molecule has 0 fully saturated rings. The van der Waals surface area contributed by atoms with Gasteiger partial charge in [-0.25, -0.2) is 0 Å². The highest BCUT2D eigenvalue weighted by Gasteiger charge is 2.16. The predicted molar refractivity (Wildman–Crippen MR) is 76.0 cm³/mol. The largest absolute Gasteiger partial charge is 0.496 e. The van der Waals surface area contributed by atoms with Gasteiger partial charge in [0.15, 0.2) is 0 Å². The zero-order chi connectivity index (χ0) is 13.7.